The summed E-state index contributed by atoms with van der Waals surface area (Å²) in [6.07, 6.45) is 6.23. The lowest BCUT2D eigenvalue weighted by Gasteiger charge is -2.39. The van der Waals surface area contributed by atoms with Gasteiger partial charge in [-0.15, -0.1) is 10.2 Å². The Labute approximate surface area is 212 Å². The van der Waals surface area contributed by atoms with Gasteiger partial charge in [-0.2, -0.15) is 0 Å². The van der Waals surface area contributed by atoms with Crippen molar-refractivity contribution in [2.24, 2.45) is 0 Å². The Morgan fingerprint density at radius 3 is 2.09 bits per heavy atom. The van der Waals surface area contributed by atoms with Crippen LogP contribution in [0, 0.1) is 6.92 Å². The van der Waals surface area contributed by atoms with Gasteiger partial charge < -0.3 is 9.47 Å². The minimum absolute atomic E-state index is 0.196. The fourth-order valence-corrected chi connectivity index (χ4v) is 6.49. The first-order valence-electron chi connectivity index (χ1n) is 12.9. The topological polar surface area (TPSA) is 54.3 Å². The van der Waals surface area contributed by atoms with E-state index in [0.29, 0.717) is 11.8 Å². The average molecular weight is 490 g/mol. The molecule has 6 nitrogen and oxygen atoms in total. The molecule has 35 heavy (non-hydrogen) atoms. The van der Waals surface area contributed by atoms with Gasteiger partial charge in [-0.05, 0) is 30.9 Å². The van der Waals surface area contributed by atoms with E-state index in [1.807, 2.05) is 11.8 Å². The van der Waals surface area contributed by atoms with Gasteiger partial charge in [0.15, 0.2) is 5.16 Å². The molecule has 1 aliphatic heterocycles. The Kier molecular flexibility index (Phi) is 7.84. The van der Waals surface area contributed by atoms with Crippen LogP contribution >= 0.6 is 11.8 Å². The predicted molar refractivity (Wildman–Crippen MR) is 140 cm³/mol. The van der Waals surface area contributed by atoms with Gasteiger partial charge in [0, 0.05) is 32.2 Å². The summed E-state index contributed by atoms with van der Waals surface area (Å²) in [5.41, 5.74) is 2.60. The van der Waals surface area contributed by atoms with Gasteiger partial charge >= 0.3 is 0 Å². The summed E-state index contributed by atoms with van der Waals surface area (Å²) in [4.78, 5) is 17.6. The number of carbonyl (C=O) groups is 1. The van der Waals surface area contributed by atoms with Crippen LogP contribution in [0.4, 0.5) is 0 Å². The van der Waals surface area contributed by atoms with Crippen molar-refractivity contribution in [2.75, 3.05) is 31.9 Å². The molecule has 2 fully saturated rings. The number of hydrogen-bond acceptors (Lipinski definition) is 5. The molecule has 0 atom stereocenters. The highest BCUT2D eigenvalue weighted by molar-refractivity contribution is 7.99. The maximum Gasteiger partial charge on any atom is 0.233 e. The standard InChI is InChI=1S/C28H35N5OS/c1-22-29-30-28(33(22)25-15-9-4-10-16-25)35-21-26(34)31-17-19-32(20-18-31)27(23-11-5-2-6-12-23)24-13-7-3-8-14-24/h2-3,5-8,11-14,25,27H,4,9-10,15-21H2,1H3. The van der Waals surface area contributed by atoms with E-state index in [1.165, 1.54) is 43.2 Å². The van der Waals surface area contributed by atoms with Crippen molar-refractivity contribution >= 4 is 17.7 Å². The molecule has 0 radical (unpaired) electrons. The molecule has 0 unspecified atom stereocenters. The molecular weight excluding hydrogens is 454 g/mol. The zero-order valence-corrected chi connectivity index (χ0v) is 21.4. The van der Waals surface area contributed by atoms with E-state index in [4.69, 9.17) is 0 Å². The second-order valence-corrected chi connectivity index (χ2v) is 10.6. The SMILES string of the molecule is Cc1nnc(SCC(=O)N2CCN(C(c3ccccc3)c3ccccc3)CC2)n1C1CCCCC1. The minimum Gasteiger partial charge on any atom is -0.339 e. The lowest BCUT2D eigenvalue weighted by Crippen LogP contribution is -2.50. The molecule has 2 aliphatic rings. The van der Waals surface area contributed by atoms with E-state index < -0.39 is 0 Å². The number of piperazine rings is 1. The molecule has 1 saturated heterocycles. The van der Waals surface area contributed by atoms with Crippen molar-refractivity contribution in [1.82, 2.24) is 24.6 Å². The van der Waals surface area contributed by atoms with Crippen molar-refractivity contribution < 1.29 is 4.79 Å². The van der Waals surface area contributed by atoms with Gasteiger partial charge in [0.05, 0.1) is 11.8 Å². The summed E-state index contributed by atoms with van der Waals surface area (Å²) >= 11 is 1.55. The number of benzene rings is 2. The normalized spacial score (nSPS) is 17.7. The molecule has 3 aromatic rings. The Balaban J connectivity index is 1.20. The lowest BCUT2D eigenvalue weighted by molar-refractivity contribution is -0.130. The molecule has 0 bridgehead atoms. The number of carbonyl (C=O) groups excluding carboxylic acids is 1. The molecule has 5 rings (SSSR count). The Hall–Kier alpha value is -2.64. The number of aromatic nitrogens is 3. The summed E-state index contributed by atoms with van der Waals surface area (Å²) in [6.45, 7) is 5.26. The highest BCUT2D eigenvalue weighted by atomic mass is 32.2. The Morgan fingerprint density at radius 2 is 1.49 bits per heavy atom. The van der Waals surface area contributed by atoms with Gasteiger partial charge in [-0.25, -0.2) is 0 Å². The summed E-state index contributed by atoms with van der Waals surface area (Å²) in [7, 11) is 0. The number of thioether (sulfide) groups is 1. The second kappa shape index (κ2) is 11.4. The number of amides is 1. The summed E-state index contributed by atoms with van der Waals surface area (Å²) in [6, 6.07) is 22.1. The Morgan fingerprint density at radius 1 is 0.886 bits per heavy atom. The van der Waals surface area contributed by atoms with E-state index in [-0.39, 0.29) is 11.9 Å². The highest BCUT2D eigenvalue weighted by Crippen LogP contribution is 2.33. The van der Waals surface area contributed by atoms with Crippen LogP contribution in [0.1, 0.15) is 61.1 Å². The quantitative estimate of drug-likeness (QED) is 0.431. The van der Waals surface area contributed by atoms with Crippen molar-refractivity contribution in [3.63, 3.8) is 0 Å². The first-order chi connectivity index (χ1) is 17.2. The van der Waals surface area contributed by atoms with Crippen LogP contribution in [0.5, 0.6) is 0 Å². The van der Waals surface area contributed by atoms with Gasteiger partial charge in [0.2, 0.25) is 5.91 Å². The molecule has 184 valence electrons. The van der Waals surface area contributed by atoms with E-state index in [2.05, 4.69) is 80.3 Å². The van der Waals surface area contributed by atoms with Crippen molar-refractivity contribution in [3.05, 3.63) is 77.6 Å². The van der Waals surface area contributed by atoms with Crippen LogP contribution in [0.25, 0.3) is 0 Å². The number of aryl methyl sites for hydroxylation is 1. The third-order valence-corrected chi connectivity index (χ3v) is 8.29. The molecule has 0 N–H and O–H groups in total. The first kappa shape index (κ1) is 24.1. The molecule has 1 amide bonds. The molecular formula is C28H35N5OS. The molecule has 1 saturated carbocycles. The van der Waals surface area contributed by atoms with Crippen molar-refractivity contribution in [3.8, 4) is 0 Å². The van der Waals surface area contributed by atoms with Crippen LogP contribution in [-0.4, -0.2) is 62.4 Å². The van der Waals surface area contributed by atoms with Gasteiger partial charge in [0.1, 0.15) is 5.82 Å². The third-order valence-electron chi connectivity index (χ3n) is 7.36. The van der Waals surface area contributed by atoms with E-state index >= 15 is 0 Å². The zero-order chi connectivity index (χ0) is 24.0. The van der Waals surface area contributed by atoms with Crippen LogP contribution in [-0.2, 0) is 4.79 Å². The average Bonchev–Trinajstić information content (AvgIpc) is 3.29. The summed E-state index contributed by atoms with van der Waals surface area (Å²) in [5, 5.41) is 9.63. The summed E-state index contributed by atoms with van der Waals surface area (Å²) < 4.78 is 2.28. The van der Waals surface area contributed by atoms with Crippen LogP contribution in [0.3, 0.4) is 0 Å². The number of nitrogens with zero attached hydrogens (tertiary/aromatic N) is 5. The van der Waals surface area contributed by atoms with Crippen molar-refractivity contribution in [2.45, 2.75) is 56.3 Å². The van der Waals surface area contributed by atoms with Crippen LogP contribution < -0.4 is 0 Å². The molecule has 1 aliphatic carbocycles. The van der Waals surface area contributed by atoms with Crippen LogP contribution in [0.2, 0.25) is 0 Å². The van der Waals surface area contributed by atoms with Gasteiger partial charge in [0.25, 0.3) is 0 Å². The molecule has 0 spiro atoms. The Bertz CT molecular complexity index is 1050. The first-order valence-corrected chi connectivity index (χ1v) is 13.9. The monoisotopic (exact) mass is 489 g/mol. The zero-order valence-electron chi connectivity index (χ0n) is 20.6. The molecule has 1 aromatic heterocycles. The molecule has 2 heterocycles. The predicted octanol–water partition coefficient (Wildman–Crippen LogP) is 5.12. The molecule has 2 aromatic carbocycles. The third kappa shape index (κ3) is 5.62. The second-order valence-electron chi connectivity index (χ2n) is 9.62. The fourth-order valence-electron chi connectivity index (χ4n) is 5.54. The summed E-state index contributed by atoms with van der Waals surface area (Å²) in [5.74, 6) is 1.58. The minimum atomic E-state index is 0.196. The van der Waals surface area contributed by atoms with Crippen molar-refractivity contribution in [1.29, 1.82) is 0 Å². The number of rotatable bonds is 7. The van der Waals surface area contributed by atoms with Gasteiger partial charge in [-0.3, -0.25) is 9.69 Å². The van der Waals surface area contributed by atoms with Gasteiger partial charge in [-0.1, -0.05) is 91.7 Å². The van der Waals surface area contributed by atoms with E-state index in [1.54, 1.807) is 11.8 Å². The highest BCUT2D eigenvalue weighted by Gasteiger charge is 2.29. The maximum absolute atomic E-state index is 13.1. The lowest BCUT2D eigenvalue weighted by atomic mass is 9.95. The van der Waals surface area contributed by atoms with Crippen LogP contribution in [0.15, 0.2) is 65.8 Å². The van der Waals surface area contributed by atoms with E-state index in [0.717, 1.165) is 37.2 Å². The van der Waals surface area contributed by atoms with E-state index in [9.17, 15) is 4.79 Å². The smallest absolute Gasteiger partial charge is 0.233 e. The fraction of sp³-hybridized carbons (Fsp3) is 0.464. The largest absolute Gasteiger partial charge is 0.339 e. The molecule has 7 heteroatoms. The number of hydrogen-bond donors (Lipinski definition) is 0. The maximum atomic E-state index is 13.1.